The normalized spacial score (nSPS) is 14.4. The molecular weight excluding hydrogens is 534 g/mol. The first kappa shape index (κ1) is 33.0. The highest BCUT2D eigenvalue weighted by Crippen LogP contribution is 2.23. The van der Waals surface area contributed by atoms with Gasteiger partial charge in [-0.15, -0.1) is 0 Å². The molecule has 1 aromatic carbocycles. The first-order valence-electron chi connectivity index (χ1n) is 13.9. The maximum Gasteiger partial charge on any atom is 0.334 e. The summed E-state index contributed by atoms with van der Waals surface area (Å²) in [6, 6.07) is 5.38. The number of imide groups is 2. The summed E-state index contributed by atoms with van der Waals surface area (Å²) in [5.41, 5.74) is 0.572. The lowest BCUT2D eigenvalue weighted by atomic mass is 10.0. The molecule has 0 bridgehead atoms. The van der Waals surface area contributed by atoms with Crippen LogP contribution >= 0.6 is 0 Å². The van der Waals surface area contributed by atoms with E-state index in [1.807, 2.05) is 0 Å². The Morgan fingerprint density at radius 3 is 1.88 bits per heavy atom. The largest absolute Gasteiger partial charge is 0.480 e. The van der Waals surface area contributed by atoms with Gasteiger partial charge < -0.3 is 19.5 Å². The number of nitrogens with zero attached hydrogens (tertiary/aromatic N) is 3. The first-order valence-corrected chi connectivity index (χ1v) is 13.9. The summed E-state index contributed by atoms with van der Waals surface area (Å²) in [6.45, 7) is 4.59. The molecule has 0 radical (unpaired) electrons. The molecule has 0 spiro atoms. The van der Waals surface area contributed by atoms with Crippen molar-refractivity contribution in [3.63, 3.8) is 0 Å². The van der Waals surface area contributed by atoms with E-state index in [-0.39, 0.29) is 38.4 Å². The van der Waals surface area contributed by atoms with Crippen molar-refractivity contribution in [2.75, 3.05) is 44.3 Å². The molecule has 1 aliphatic rings. The zero-order valence-corrected chi connectivity index (χ0v) is 23.9. The molecule has 0 unspecified atom stereocenters. The van der Waals surface area contributed by atoms with Crippen LogP contribution in [-0.2, 0) is 33.4 Å². The quantitative estimate of drug-likeness (QED) is 0.127. The van der Waals surface area contributed by atoms with Gasteiger partial charge in [-0.25, -0.2) is 9.69 Å². The second-order valence-electron chi connectivity index (χ2n) is 9.41. The second kappa shape index (κ2) is 16.8. The summed E-state index contributed by atoms with van der Waals surface area (Å²) < 4.78 is 9.99. The monoisotopic (exact) mass is 573 g/mol. The van der Waals surface area contributed by atoms with Crippen LogP contribution in [0.3, 0.4) is 0 Å². The number of hydrogen-bond donors (Lipinski definition) is 1. The van der Waals surface area contributed by atoms with Crippen LogP contribution in [0.4, 0.5) is 10.5 Å². The molecule has 2 rings (SSSR count). The zero-order chi connectivity index (χ0) is 30.4. The van der Waals surface area contributed by atoms with Crippen LogP contribution in [0, 0.1) is 0 Å². The standard InChI is InChI=1S/C29H39N3O9/c1-4-7-8-9-10-11-16-31-27(37)23(28(38)32(29(31)39)18-24(33)34)17-21-12-14-22(15-13-21)30(19-25(35)40-5-2)20-26(36)41-6-3/h12-15,17H,4-11,16,18-20H2,1-3H3,(H,33,34)/b23-17+. The minimum Gasteiger partial charge on any atom is -0.480 e. The fraction of sp³-hybridized carbons (Fsp3) is 0.517. The topological polar surface area (TPSA) is 151 Å². The van der Waals surface area contributed by atoms with Crippen LogP contribution in [0.25, 0.3) is 6.08 Å². The van der Waals surface area contributed by atoms with Gasteiger partial charge in [-0.05, 0) is 44.0 Å². The molecule has 224 valence electrons. The Kier molecular flexibility index (Phi) is 13.5. The maximum atomic E-state index is 13.2. The third kappa shape index (κ3) is 10.0. The molecule has 1 saturated heterocycles. The molecule has 1 aromatic rings. The number of aliphatic carboxylic acids is 1. The number of rotatable bonds is 17. The van der Waals surface area contributed by atoms with Crippen molar-refractivity contribution in [3.8, 4) is 0 Å². The average Bonchev–Trinajstić information content (AvgIpc) is 2.93. The lowest BCUT2D eigenvalue weighted by Crippen LogP contribution is -2.57. The van der Waals surface area contributed by atoms with E-state index in [0.717, 1.165) is 37.0 Å². The molecule has 0 atom stereocenters. The van der Waals surface area contributed by atoms with Crippen molar-refractivity contribution in [1.29, 1.82) is 0 Å². The Labute approximate surface area is 239 Å². The Morgan fingerprint density at radius 2 is 1.34 bits per heavy atom. The number of benzene rings is 1. The highest BCUT2D eigenvalue weighted by molar-refractivity contribution is 6.31. The molecule has 1 fully saturated rings. The van der Waals surface area contributed by atoms with Gasteiger partial charge >= 0.3 is 23.9 Å². The van der Waals surface area contributed by atoms with Gasteiger partial charge in [0.2, 0.25) is 0 Å². The molecule has 0 aliphatic carbocycles. The van der Waals surface area contributed by atoms with Gasteiger partial charge in [0, 0.05) is 12.2 Å². The summed E-state index contributed by atoms with van der Waals surface area (Å²) in [6.07, 6.45) is 6.79. The van der Waals surface area contributed by atoms with Crippen molar-refractivity contribution in [3.05, 3.63) is 35.4 Å². The van der Waals surface area contributed by atoms with Crippen LogP contribution in [0.5, 0.6) is 0 Å². The maximum absolute atomic E-state index is 13.2. The third-order valence-electron chi connectivity index (χ3n) is 6.26. The van der Waals surface area contributed by atoms with Gasteiger partial charge in [0.25, 0.3) is 11.8 Å². The van der Waals surface area contributed by atoms with Crippen molar-refractivity contribution in [2.24, 2.45) is 0 Å². The van der Waals surface area contributed by atoms with Crippen LogP contribution in [0.2, 0.25) is 0 Å². The Hall–Kier alpha value is -4.22. The van der Waals surface area contributed by atoms with E-state index in [1.165, 1.54) is 11.0 Å². The lowest BCUT2D eigenvalue weighted by molar-refractivity contribution is -0.144. The predicted octanol–water partition coefficient (Wildman–Crippen LogP) is 3.24. The van der Waals surface area contributed by atoms with Crippen LogP contribution in [0.15, 0.2) is 29.8 Å². The van der Waals surface area contributed by atoms with E-state index in [1.54, 1.807) is 38.1 Å². The number of carbonyl (C=O) groups excluding carboxylic acids is 5. The number of urea groups is 1. The highest BCUT2D eigenvalue weighted by Gasteiger charge is 2.42. The Bertz CT molecular complexity index is 1110. The van der Waals surface area contributed by atoms with Gasteiger partial charge in [0.15, 0.2) is 0 Å². The molecule has 1 aliphatic heterocycles. The minimum atomic E-state index is -1.38. The molecule has 12 heteroatoms. The van der Waals surface area contributed by atoms with Gasteiger partial charge in [-0.3, -0.25) is 28.9 Å². The zero-order valence-electron chi connectivity index (χ0n) is 23.9. The summed E-state index contributed by atoms with van der Waals surface area (Å²) >= 11 is 0. The third-order valence-corrected chi connectivity index (χ3v) is 6.26. The van der Waals surface area contributed by atoms with Gasteiger partial charge in [-0.1, -0.05) is 51.2 Å². The number of unbranched alkanes of at least 4 members (excludes halogenated alkanes) is 5. The molecule has 0 aromatic heterocycles. The average molecular weight is 574 g/mol. The summed E-state index contributed by atoms with van der Waals surface area (Å²) in [5, 5.41) is 9.26. The van der Waals surface area contributed by atoms with E-state index in [4.69, 9.17) is 9.47 Å². The predicted molar refractivity (Wildman–Crippen MR) is 150 cm³/mol. The number of amides is 4. The van der Waals surface area contributed by atoms with Crippen molar-refractivity contribution in [2.45, 2.75) is 59.3 Å². The number of hydrogen-bond acceptors (Lipinski definition) is 9. The van der Waals surface area contributed by atoms with E-state index < -0.39 is 42.3 Å². The van der Waals surface area contributed by atoms with Crippen molar-refractivity contribution < 1.29 is 43.3 Å². The van der Waals surface area contributed by atoms with Gasteiger partial charge in [-0.2, -0.15) is 0 Å². The van der Waals surface area contributed by atoms with E-state index in [9.17, 15) is 33.9 Å². The molecule has 41 heavy (non-hydrogen) atoms. The number of esters is 2. The fourth-order valence-electron chi connectivity index (χ4n) is 4.26. The molecule has 1 heterocycles. The SMILES string of the molecule is CCCCCCCCN1C(=O)/C(=C\c2ccc(N(CC(=O)OCC)CC(=O)OCC)cc2)C(=O)N(CC(=O)O)C1=O. The first-order chi connectivity index (χ1) is 19.6. The van der Waals surface area contributed by atoms with Crippen molar-refractivity contribution in [1.82, 2.24) is 9.80 Å². The fourth-order valence-corrected chi connectivity index (χ4v) is 4.26. The number of carboxylic acids is 1. The molecule has 4 amide bonds. The number of anilines is 1. The summed E-state index contributed by atoms with van der Waals surface area (Å²) in [4.78, 5) is 77.6. The summed E-state index contributed by atoms with van der Waals surface area (Å²) in [7, 11) is 0. The van der Waals surface area contributed by atoms with Crippen LogP contribution in [0.1, 0.15) is 64.9 Å². The smallest absolute Gasteiger partial charge is 0.334 e. The van der Waals surface area contributed by atoms with Crippen LogP contribution in [-0.4, -0.2) is 90.1 Å². The van der Waals surface area contributed by atoms with Gasteiger partial charge in [0.05, 0.1) is 13.2 Å². The number of ether oxygens (including phenoxy) is 2. The summed E-state index contributed by atoms with van der Waals surface area (Å²) in [5.74, 6) is -4.22. The Balaban J connectivity index is 2.30. The van der Waals surface area contributed by atoms with Crippen LogP contribution < -0.4 is 4.90 Å². The van der Waals surface area contributed by atoms with Gasteiger partial charge in [0.1, 0.15) is 25.2 Å². The number of carboxylic acid groups (broad SMARTS) is 1. The molecular formula is C29H39N3O9. The molecule has 0 saturated carbocycles. The highest BCUT2D eigenvalue weighted by atomic mass is 16.5. The number of carbonyl (C=O) groups is 6. The van der Waals surface area contributed by atoms with E-state index >= 15 is 0 Å². The second-order valence-corrected chi connectivity index (χ2v) is 9.41. The molecule has 12 nitrogen and oxygen atoms in total. The molecule has 1 N–H and O–H groups in total. The Morgan fingerprint density at radius 1 is 0.805 bits per heavy atom. The number of barbiturate groups is 1. The lowest BCUT2D eigenvalue weighted by Gasteiger charge is -2.33. The van der Waals surface area contributed by atoms with E-state index in [0.29, 0.717) is 22.6 Å². The van der Waals surface area contributed by atoms with Crippen molar-refractivity contribution >= 4 is 47.5 Å². The minimum absolute atomic E-state index is 0.0696. The van der Waals surface area contributed by atoms with E-state index in [2.05, 4.69) is 6.92 Å².